The van der Waals surface area contributed by atoms with Gasteiger partial charge in [-0.2, -0.15) is 0 Å². The quantitative estimate of drug-likeness (QED) is 0.473. The lowest BCUT2D eigenvalue weighted by Gasteiger charge is -2.18. The zero-order valence-corrected chi connectivity index (χ0v) is 19.1. The van der Waals surface area contributed by atoms with Gasteiger partial charge < -0.3 is 20.1 Å². The van der Waals surface area contributed by atoms with Crippen molar-refractivity contribution in [1.29, 1.82) is 0 Å². The molecule has 166 valence electrons. The van der Waals surface area contributed by atoms with E-state index in [-0.39, 0.29) is 24.3 Å². The topological polar surface area (TPSA) is 76.7 Å². The molecule has 3 rings (SSSR count). The molecule has 0 aliphatic heterocycles. The number of aryl methyl sites for hydroxylation is 1. The molecule has 6 nitrogen and oxygen atoms in total. The monoisotopic (exact) mass is 450 g/mol. The van der Waals surface area contributed by atoms with Gasteiger partial charge in [-0.3, -0.25) is 9.59 Å². The Labute approximate surface area is 191 Å². The van der Waals surface area contributed by atoms with Crippen LogP contribution < -0.4 is 20.1 Å². The summed E-state index contributed by atoms with van der Waals surface area (Å²) in [6.45, 7) is 3.98. The van der Waals surface area contributed by atoms with Crippen molar-refractivity contribution in [2.75, 3.05) is 13.7 Å². The lowest BCUT2D eigenvalue weighted by Crippen LogP contribution is -2.41. The third-order valence-corrected chi connectivity index (χ3v) is 5.36. The van der Waals surface area contributed by atoms with Crippen LogP contribution in [0, 0.1) is 6.92 Å². The van der Waals surface area contributed by atoms with Crippen LogP contribution >= 0.6 is 11.3 Å². The van der Waals surface area contributed by atoms with Gasteiger partial charge >= 0.3 is 0 Å². The largest absolute Gasteiger partial charge is 0.493 e. The zero-order chi connectivity index (χ0) is 22.9. The summed E-state index contributed by atoms with van der Waals surface area (Å²) in [4.78, 5) is 26.6. The molecule has 7 heteroatoms. The Hall–Kier alpha value is -3.58. The van der Waals surface area contributed by atoms with Gasteiger partial charge in [0.25, 0.3) is 11.8 Å². The zero-order valence-electron chi connectivity index (χ0n) is 18.3. The maximum atomic E-state index is 13.0. The number of hydrogen-bond acceptors (Lipinski definition) is 5. The van der Waals surface area contributed by atoms with Crippen LogP contribution in [0.1, 0.15) is 27.7 Å². The third kappa shape index (κ3) is 6.46. The molecule has 2 N–H and O–H groups in total. The first-order valence-electron chi connectivity index (χ1n) is 10.2. The van der Waals surface area contributed by atoms with E-state index < -0.39 is 5.91 Å². The van der Waals surface area contributed by atoms with Crippen LogP contribution in [0.5, 0.6) is 11.5 Å². The Bertz CT molecular complexity index is 1090. The Morgan fingerprint density at radius 1 is 1.06 bits per heavy atom. The normalized spacial score (nSPS) is 12.0. The number of carbonyl (C=O) groups excluding carboxylic acids is 2. The number of methoxy groups -OCH3 is 1. The van der Waals surface area contributed by atoms with Gasteiger partial charge in [0.15, 0.2) is 11.5 Å². The number of amides is 2. The molecule has 1 heterocycles. The van der Waals surface area contributed by atoms with Crippen molar-refractivity contribution in [2.24, 2.45) is 0 Å². The standard InChI is InChI=1S/C25H26N2O4S/c1-17-8-6-9-19(14-17)24(28)27-21(15-20-10-7-13-32-20)25(29)26-18(2)16-31-23-12-5-4-11-22(23)30-3/h4-15,18H,16H2,1-3H3,(H,26,29)(H,27,28)/b21-15-. The number of rotatable bonds is 9. The minimum Gasteiger partial charge on any atom is -0.493 e. The highest BCUT2D eigenvalue weighted by atomic mass is 32.1. The van der Waals surface area contributed by atoms with E-state index in [1.54, 1.807) is 37.5 Å². The molecule has 0 saturated heterocycles. The van der Waals surface area contributed by atoms with Crippen LogP contribution in [0.3, 0.4) is 0 Å². The van der Waals surface area contributed by atoms with Crippen molar-refractivity contribution in [3.63, 3.8) is 0 Å². The van der Waals surface area contributed by atoms with E-state index in [1.165, 1.54) is 11.3 Å². The third-order valence-electron chi connectivity index (χ3n) is 4.54. The number of benzene rings is 2. The van der Waals surface area contributed by atoms with E-state index in [1.807, 2.05) is 55.6 Å². The van der Waals surface area contributed by atoms with E-state index in [4.69, 9.17) is 9.47 Å². The van der Waals surface area contributed by atoms with E-state index in [0.717, 1.165) is 10.4 Å². The van der Waals surface area contributed by atoms with Gasteiger partial charge in [-0.25, -0.2) is 0 Å². The molecule has 0 aliphatic carbocycles. The summed E-state index contributed by atoms with van der Waals surface area (Å²) in [5, 5.41) is 7.55. The van der Waals surface area contributed by atoms with Crippen molar-refractivity contribution in [3.05, 3.63) is 87.7 Å². The van der Waals surface area contributed by atoms with E-state index in [2.05, 4.69) is 10.6 Å². The second-order valence-corrected chi connectivity index (χ2v) is 8.21. The number of para-hydroxylation sites is 2. The highest BCUT2D eigenvalue weighted by Gasteiger charge is 2.17. The van der Waals surface area contributed by atoms with Gasteiger partial charge in [-0.15, -0.1) is 11.3 Å². The van der Waals surface area contributed by atoms with Crippen LogP contribution in [0.2, 0.25) is 0 Å². The van der Waals surface area contributed by atoms with Crippen LogP contribution in [0.25, 0.3) is 6.08 Å². The lowest BCUT2D eigenvalue weighted by molar-refractivity contribution is -0.118. The maximum Gasteiger partial charge on any atom is 0.268 e. The molecule has 1 unspecified atom stereocenters. The fourth-order valence-corrected chi connectivity index (χ4v) is 3.61. The highest BCUT2D eigenvalue weighted by molar-refractivity contribution is 7.10. The van der Waals surface area contributed by atoms with Crippen molar-refractivity contribution in [1.82, 2.24) is 10.6 Å². The molecule has 0 spiro atoms. The minimum atomic E-state index is -0.393. The predicted molar refractivity (Wildman–Crippen MR) is 127 cm³/mol. The van der Waals surface area contributed by atoms with E-state index >= 15 is 0 Å². The molecule has 0 bridgehead atoms. The summed E-state index contributed by atoms with van der Waals surface area (Å²) in [5.41, 5.74) is 1.62. The van der Waals surface area contributed by atoms with E-state index in [9.17, 15) is 9.59 Å². The van der Waals surface area contributed by atoms with Gasteiger partial charge in [0.05, 0.1) is 13.2 Å². The summed E-state index contributed by atoms with van der Waals surface area (Å²) < 4.78 is 11.1. The molecule has 32 heavy (non-hydrogen) atoms. The SMILES string of the molecule is COc1ccccc1OCC(C)NC(=O)/C(=C/c1cccs1)NC(=O)c1cccc(C)c1. The predicted octanol–water partition coefficient (Wildman–Crippen LogP) is 4.42. The van der Waals surface area contributed by atoms with Crippen LogP contribution in [0.4, 0.5) is 0 Å². The van der Waals surface area contributed by atoms with Gasteiger partial charge in [0, 0.05) is 10.4 Å². The van der Waals surface area contributed by atoms with Gasteiger partial charge in [0.1, 0.15) is 12.3 Å². The molecule has 2 amide bonds. The molecule has 0 radical (unpaired) electrons. The summed E-state index contributed by atoms with van der Waals surface area (Å²) in [6.07, 6.45) is 1.67. The smallest absolute Gasteiger partial charge is 0.268 e. The highest BCUT2D eigenvalue weighted by Crippen LogP contribution is 2.25. The summed E-state index contributed by atoms with van der Waals surface area (Å²) >= 11 is 1.48. The molecule has 1 atom stereocenters. The van der Waals surface area contributed by atoms with E-state index in [0.29, 0.717) is 17.1 Å². The average Bonchev–Trinajstić information content (AvgIpc) is 3.30. The number of hydrogen-bond donors (Lipinski definition) is 2. The van der Waals surface area contributed by atoms with Crippen LogP contribution in [-0.4, -0.2) is 31.6 Å². The Morgan fingerprint density at radius 3 is 2.53 bits per heavy atom. The molecule has 0 fully saturated rings. The summed E-state index contributed by atoms with van der Waals surface area (Å²) in [5.74, 6) is 0.480. The van der Waals surface area contributed by atoms with Gasteiger partial charge in [-0.05, 0) is 55.6 Å². The van der Waals surface area contributed by atoms with Gasteiger partial charge in [0.2, 0.25) is 0 Å². The first kappa shape index (κ1) is 23.1. The molecule has 1 aromatic heterocycles. The van der Waals surface area contributed by atoms with Crippen molar-refractivity contribution in [2.45, 2.75) is 19.9 Å². The summed E-state index contributed by atoms with van der Waals surface area (Å²) in [7, 11) is 1.58. The number of nitrogens with one attached hydrogen (secondary N) is 2. The second-order valence-electron chi connectivity index (χ2n) is 7.23. The number of ether oxygens (including phenoxy) is 2. The lowest BCUT2D eigenvalue weighted by atomic mass is 10.1. The van der Waals surface area contributed by atoms with Crippen molar-refractivity contribution < 1.29 is 19.1 Å². The summed E-state index contributed by atoms with van der Waals surface area (Å²) in [6, 6.07) is 18.0. The Kier molecular flexibility index (Phi) is 8.05. The molecule has 2 aromatic carbocycles. The maximum absolute atomic E-state index is 13.0. The molecular formula is C25H26N2O4S. The van der Waals surface area contributed by atoms with Crippen molar-refractivity contribution in [3.8, 4) is 11.5 Å². The fraction of sp³-hybridized carbons (Fsp3) is 0.200. The first-order valence-corrected chi connectivity index (χ1v) is 11.0. The number of thiophene rings is 1. The van der Waals surface area contributed by atoms with Crippen LogP contribution in [0.15, 0.2) is 71.7 Å². The minimum absolute atomic E-state index is 0.170. The fourth-order valence-electron chi connectivity index (χ4n) is 2.95. The molecule has 0 saturated carbocycles. The first-order chi connectivity index (χ1) is 15.5. The second kappa shape index (κ2) is 11.2. The van der Waals surface area contributed by atoms with Crippen LogP contribution in [-0.2, 0) is 4.79 Å². The Morgan fingerprint density at radius 2 is 1.84 bits per heavy atom. The number of carbonyl (C=O) groups is 2. The van der Waals surface area contributed by atoms with Gasteiger partial charge in [-0.1, -0.05) is 35.9 Å². The molecule has 3 aromatic rings. The molecular weight excluding hydrogens is 424 g/mol. The van der Waals surface area contributed by atoms with Crippen molar-refractivity contribution >= 4 is 29.2 Å². The Balaban J connectivity index is 1.69. The average molecular weight is 451 g/mol. The molecule has 0 aliphatic rings.